The lowest BCUT2D eigenvalue weighted by Gasteiger charge is -2.27. The van der Waals surface area contributed by atoms with Crippen molar-refractivity contribution in [2.45, 2.75) is 18.8 Å². The number of halogens is 1. The Morgan fingerprint density at radius 1 is 1.16 bits per heavy atom. The maximum absolute atomic E-state index is 9.44. The molecule has 0 saturated carbocycles. The highest BCUT2D eigenvalue weighted by molar-refractivity contribution is 6.30. The molecule has 96 valence electrons. The molecular formula is C16H15ClN2. The van der Waals surface area contributed by atoms with Gasteiger partial charge in [0, 0.05) is 10.9 Å². The Hall–Kier alpha value is -2.03. The topological polar surface area (TPSA) is 47.6 Å². The first-order chi connectivity index (χ1) is 9.13. The van der Waals surface area contributed by atoms with Crippen LogP contribution in [0, 0.1) is 28.1 Å². The molecule has 1 aromatic rings. The molecular weight excluding hydrogens is 256 g/mol. The number of allylic oxidation sites excluding steroid dienone is 2. The van der Waals surface area contributed by atoms with E-state index in [1.165, 1.54) is 0 Å². The molecule has 2 nitrogen and oxygen atoms in total. The molecule has 1 rings (SSSR count). The van der Waals surface area contributed by atoms with Gasteiger partial charge in [-0.15, -0.1) is 13.2 Å². The summed E-state index contributed by atoms with van der Waals surface area (Å²) in [4.78, 5) is 0. The van der Waals surface area contributed by atoms with E-state index in [0.717, 1.165) is 5.56 Å². The smallest absolute Gasteiger partial charge is 0.154 e. The minimum atomic E-state index is -1.12. The molecule has 3 heteroatoms. The molecule has 0 N–H and O–H groups in total. The lowest BCUT2D eigenvalue weighted by atomic mass is 9.70. The third-order valence-corrected chi connectivity index (χ3v) is 3.39. The van der Waals surface area contributed by atoms with Crippen LogP contribution < -0.4 is 0 Å². The van der Waals surface area contributed by atoms with Gasteiger partial charge in [0.2, 0.25) is 0 Å². The number of hydrogen-bond acceptors (Lipinski definition) is 2. The van der Waals surface area contributed by atoms with Crippen molar-refractivity contribution in [1.29, 1.82) is 10.5 Å². The Labute approximate surface area is 119 Å². The molecule has 0 bridgehead atoms. The summed E-state index contributed by atoms with van der Waals surface area (Å²) in [5.74, 6) is -0.240. The number of hydrogen-bond donors (Lipinski definition) is 0. The van der Waals surface area contributed by atoms with E-state index in [4.69, 9.17) is 11.6 Å². The fraction of sp³-hybridized carbons (Fsp3) is 0.250. The molecule has 0 saturated heterocycles. The van der Waals surface area contributed by atoms with Crippen LogP contribution in [0.3, 0.4) is 0 Å². The molecule has 0 aliphatic carbocycles. The van der Waals surface area contributed by atoms with Crippen molar-refractivity contribution < 1.29 is 0 Å². The third kappa shape index (κ3) is 3.25. The van der Waals surface area contributed by atoms with Crippen molar-refractivity contribution >= 4 is 11.6 Å². The van der Waals surface area contributed by atoms with Crippen molar-refractivity contribution in [2.24, 2.45) is 5.41 Å². The van der Waals surface area contributed by atoms with E-state index in [-0.39, 0.29) is 5.92 Å². The summed E-state index contributed by atoms with van der Waals surface area (Å²) in [7, 11) is 0. The normalized spacial score (nSPS) is 11.9. The SMILES string of the molecule is C=CCC(c1ccc(Cl)cc1)C(C#N)(C#N)CC=C. The van der Waals surface area contributed by atoms with E-state index in [9.17, 15) is 10.5 Å². The second-order valence-corrected chi connectivity index (χ2v) is 4.75. The zero-order valence-corrected chi connectivity index (χ0v) is 11.4. The molecule has 1 unspecified atom stereocenters. The molecule has 1 aromatic carbocycles. The van der Waals surface area contributed by atoms with Gasteiger partial charge in [0.05, 0.1) is 12.1 Å². The zero-order valence-electron chi connectivity index (χ0n) is 10.6. The quantitative estimate of drug-likeness (QED) is 0.709. The van der Waals surface area contributed by atoms with Gasteiger partial charge in [-0.2, -0.15) is 10.5 Å². The highest BCUT2D eigenvalue weighted by Crippen LogP contribution is 2.41. The minimum absolute atomic E-state index is 0.240. The van der Waals surface area contributed by atoms with Gasteiger partial charge in [-0.3, -0.25) is 0 Å². The second-order valence-electron chi connectivity index (χ2n) is 4.32. The van der Waals surface area contributed by atoms with Crippen LogP contribution in [0.2, 0.25) is 5.02 Å². The third-order valence-electron chi connectivity index (χ3n) is 3.13. The maximum atomic E-state index is 9.44. The van der Waals surface area contributed by atoms with Crippen LogP contribution in [0.1, 0.15) is 24.3 Å². The molecule has 0 fully saturated rings. The van der Waals surface area contributed by atoms with Crippen LogP contribution in [-0.2, 0) is 0 Å². The van der Waals surface area contributed by atoms with Gasteiger partial charge in [0.15, 0.2) is 5.41 Å². The van der Waals surface area contributed by atoms with Crippen LogP contribution in [0.15, 0.2) is 49.6 Å². The molecule has 0 amide bonds. The van der Waals surface area contributed by atoms with E-state index in [0.29, 0.717) is 17.9 Å². The number of nitriles is 2. The van der Waals surface area contributed by atoms with Crippen LogP contribution in [0.25, 0.3) is 0 Å². The molecule has 0 heterocycles. The van der Waals surface area contributed by atoms with Crippen molar-refractivity contribution in [2.75, 3.05) is 0 Å². The van der Waals surface area contributed by atoms with E-state index < -0.39 is 5.41 Å². The zero-order chi connectivity index (χ0) is 14.3. The summed E-state index contributed by atoms with van der Waals surface area (Å²) < 4.78 is 0. The molecule has 0 radical (unpaired) electrons. The van der Waals surface area contributed by atoms with E-state index in [1.807, 2.05) is 12.1 Å². The largest absolute Gasteiger partial charge is 0.197 e. The van der Waals surface area contributed by atoms with Crippen LogP contribution in [-0.4, -0.2) is 0 Å². The van der Waals surface area contributed by atoms with Gasteiger partial charge in [-0.25, -0.2) is 0 Å². The Morgan fingerprint density at radius 3 is 2.16 bits per heavy atom. The highest BCUT2D eigenvalue weighted by Gasteiger charge is 2.38. The fourth-order valence-electron chi connectivity index (χ4n) is 2.13. The summed E-state index contributed by atoms with van der Waals surface area (Å²) in [6.07, 6.45) is 4.21. The van der Waals surface area contributed by atoms with Crippen molar-refractivity contribution in [3.8, 4) is 12.1 Å². The number of benzene rings is 1. The van der Waals surface area contributed by atoms with Crippen molar-refractivity contribution in [3.05, 3.63) is 60.2 Å². The Balaban J connectivity index is 3.29. The lowest BCUT2D eigenvalue weighted by Crippen LogP contribution is -2.25. The standard InChI is InChI=1S/C16H15ClN2/c1-3-5-15(13-6-8-14(17)9-7-13)16(11-18,12-19)10-4-2/h3-4,6-9,15H,1-2,5,10H2. The summed E-state index contributed by atoms with van der Waals surface area (Å²) in [6, 6.07) is 11.5. The Kier molecular flexibility index (Phi) is 5.37. The molecule has 19 heavy (non-hydrogen) atoms. The first-order valence-corrected chi connectivity index (χ1v) is 6.31. The van der Waals surface area contributed by atoms with Crippen LogP contribution in [0.4, 0.5) is 0 Å². The maximum Gasteiger partial charge on any atom is 0.154 e. The van der Waals surface area contributed by atoms with Crippen LogP contribution >= 0.6 is 11.6 Å². The average Bonchev–Trinajstić information content (AvgIpc) is 2.44. The second kappa shape index (κ2) is 6.78. The van der Waals surface area contributed by atoms with Crippen molar-refractivity contribution in [1.82, 2.24) is 0 Å². The fourth-order valence-corrected chi connectivity index (χ4v) is 2.25. The van der Waals surface area contributed by atoms with Crippen molar-refractivity contribution in [3.63, 3.8) is 0 Å². The molecule has 0 aromatic heterocycles. The summed E-state index contributed by atoms with van der Waals surface area (Å²) in [5.41, 5.74) is -0.210. The van der Waals surface area contributed by atoms with Gasteiger partial charge >= 0.3 is 0 Å². The van der Waals surface area contributed by atoms with E-state index >= 15 is 0 Å². The first-order valence-electron chi connectivity index (χ1n) is 5.93. The minimum Gasteiger partial charge on any atom is -0.197 e. The van der Waals surface area contributed by atoms with Gasteiger partial charge in [0.1, 0.15) is 0 Å². The highest BCUT2D eigenvalue weighted by atomic mass is 35.5. The molecule has 1 atom stereocenters. The number of rotatable bonds is 6. The summed E-state index contributed by atoms with van der Waals surface area (Å²) in [6.45, 7) is 7.36. The Morgan fingerprint density at radius 2 is 1.74 bits per heavy atom. The molecule has 0 aliphatic rings. The predicted octanol–water partition coefficient (Wildman–Crippen LogP) is 4.61. The van der Waals surface area contributed by atoms with Gasteiger partial charge in [-0.1, -0.05) is 35.9 Å². The van der Waals surface area contributed by atoms with Gasteiger partial charge in [-0.05, 0) is 30.5 Å². The Bertz CT molecular complexity index is 517. The van der Waals surface area contributed by atoms with E-state index in [1.54, 1.807) is 24.3 Å². The van der Waals surface area contributed by atoms with Crippen LogP contribution in [0.5, 0.6) is 0 Å². The lowest BCUT2D eigenvalue weighted by molar-refractivity contribution is 0.415. The summed E-state index contributed by atoms with van der Waals surface area (Å²) in [5, 5.41) is 19.5. The summed E-state index contributed by atoms with van der Waals surface area (Å²) >= 11 is 5.87. The average molecular weight is 271 g/mol. The predicted molar refractivity (Wildman–Crippen MR) is 77.5 cm³/mol. The molecule has 0 spiro atoms. The molecule has 0 aliphatic heterocycles. The van der Waals surface area contributed by atoms with Gasteiger partial charge in [0.25, 0.3) is 0 Å². The number of nitrogens with zero attached hydrogens (tertiary/aromatic N) is 2. The van der Waals surface area contributed by atoms with E-state index in [2.05, 4.69) is 25.3 Å². The van der Waals surface area contributed by atoms with Gasteiger partial charge < -0.3 is 0 Å². The first kappa shape index (κ1) is 15.0. The monoisotopic (exact) mass is 270 g/mol.